The van der Waals surface area contributed by atoms with E-state index in [2.05, 4.69) is 30.2 Å². The van der Waals surface area contributed by atoms with Gasteiger partial charge in [0.25, 0.3) is 0 Å². The van der Waals surface area contributed by atoms with Crippen molar-refractivity contribution >= 4 is 47.8 Å². The van der Waals surface area contributed by atoms with E-state index in [0.29, 0.717) is 12.8 Å². The summed E-state index contributed by atoms with van der Waals surface area (Å²) in [6, 6.07) is 28.2. The number of aryl methyl sites for hydroxylation is 1. The molecular formula is C42H51N3O9. The predicted molar refractivity (Wildman–Crippen MR) is 208 cm³/mol. The fourth-order valence-electron chi connectivity index (χ4n) is 4.58. The fourth-order valence-corrected chi connectivity index (χ4v) is 4.58. The van der Waals surface area contributed by atoms with E-state index in [-0.39, 0.29) is 23.4 Å². The zero-order valence-electron chi connectivity index (χ0n) is 31.7. The lowest BCUT2D eigenvalue weighted by Gasteiger charge is -2.15. The Morgan fingerprint density at radius 1 is 0.611 bits per heavy atom. The maximum absolute atomic E-state index is 11.5. The van der Waals surface area contributed by atoms with Crippen LogP contribution in [-0.4, -0.2) is 69.0 Å². The minimum Gasteiger partial charge on any atom is -0.467 e. The highest BCUT2D eigenvalue weighted by Crippen LogP contribution is 2.08. The standard InChI is InChI=1S/C14H19NO3.C14H17NO3.C14H15NO3/c3*1-11(16)15-13(14(17)18-2)10-6-9-12-7-4-3-5-8-12/h3-5,7-8,13H,6,9-10H2,1-2H3,(H,15,16);3-9,13H,10H2,1-2H3,(H,15,16);3-10H,1-2H3,(H,15,16)/b;9-6+;9-6+,13-10-. The zero-order valence-corrected chi connectivity index (χ0v) is 31.7. The van der Waals surface area contributed by atoms with E-state index in [9.17, 15) is 28.8 Å². The highest BCUT2D eigenvalue weighted by Gasteiger charge is 2.19. The largest absolute Gasteiger partial charge is 0.467 e. The molecule has 3 aromatic rings. The van der Waals surface area contributed by atoms with E-state index in [1.807, 2.05) is 109 Å². The molecule has 3 aromatic carbocycles. The molecule has 0 heterocycles. The summed E-state index contributed by atoms with van der Waals surface area (Å²) < 4.78 is 13.9. The molecule has 0 aliphatic rings. The molecule has 12 heteroatoms. The third kappa shape index (κ3) is 21.2. The van der Waals surface area contributed by atoms with Crippen LogP contribution in [0.3, 0.4) is 0 Å². The summed E-state index contributed by atoms with van der Waals surface area (Å²) in [4.78, 5) is 67.1. The lowest BCUT2D eigenvalue weighted by molar-refractivity contribution is -0.145. The zero-order chi connectivity index (χ0) is 40.1. The van der Waals surface area contributed by atoms with Crippen LogP contribution in [-0.2, 0) is 49.4 Å². The van der Waals surface area contributed by atoms with E-state index in [1.54, 1.807) is 6.08 Å². The Morgan fingerprint density at radius 2 is 1.09 bits per heavy atom. The smallest absolute Gasteiger partial charge is 0.354 e. The molecule has 2 atom stereocenters. The first-order valence-electron chi connectivity index (χ1n) is 17.1. The van der Waals surface area contributed by atoms with Gasteiger partial charge in [-0.25, -0.2) is 14.4 Å². The number of hydrogen-bond acceptors (Lipinski definition) is 9. The van der Waals surface area contributed by atoms with Crippen molar-refractivity contribution in [3.05, 3.63) is 132 Å². The monoisotopic (exact) mass is 741 g/mol. The molecule has 0 radical (unpaired) electrons. The fraction of sp³-hybridized carbons (Fsp3) is 0.286. The number of carbonyl (C=O) groups excluding carboxylic acids is 6. The van der Waals surface area contributed by atoms with Gasteiger partial charge in [-0.15, -0.1) is 0 Å². The lowest BCUT2D eigenvalue weighted by atomic mass is 10.0. The quantitative estimate of drug-likeness (QED) is 0.0806. The second-order valence-corrected chi connectivity index (χ2v) is 11.5. The van der Waals surface area contributed by atoms with Crippen LogP contribution < -0.4 is 16.0 Å². The molecule has 0 bridgehead atoms. The topological polar surface area (TPSA) is 166 Å². The molecule has 54 heavy (non-hydrogen) atoms. The number of rotatable bonds is 15. The van der Waals surface area contributed by atoms with Crippen LogP contribution in [0, 0.1) is 0 Å². The first-order valence-corrected chi connectivity index (χ1v) is 17.1. The average molecular weight is 742 g/mol. The minimum atomic E-state index is -0.632. The third-order valence-electron chi connectivity index (χ3n) is 7.08. The van der Waals surface area contributed by atoms with Crippen molar-refractivity contribution in [1.29, 1.82) is 0 Å². The van der Waals surface area contributed by atoms with Crippen LogP contribution in [0.2, 0.25) is 0 Å². The number of hydrogen-bond donors (Lipinski definition) is 3. The Bertz CT molecular complexity index is 1690. The highest BCUT2D eigenvalue weighted by atomic mass is 16.5. The van der Waals surface area contributed by atoms with Gasteiger partial charge in [-0.05, 0) is 48.4 Å². The van der Waals surface area contributed by atoms with Crippen molar-refractivity contribution in [2.24, 2.45) is 0 Å². The first kappa shape index (κ1) is 45.7. The molecular weight excluding hydrogens is 690 g/mol. The number of carbonyl (C=O) groups is 6. The summed E-state index contributed by atoms with van der Waals surface area (Å²) in [5, 5.41) is 7.57. The van der Waals surface area contributed by atoms with E-state index >= 15 is 0 Å². The van der Waals surface area contributed by atoms with Crippen molar-refractivity contribution in [1.82, 2.24) is 16.0 Å². The van der Waals surface area contributed by atoms with Crippen LogP contribution >= 0.6 is 0 Å². The summed E-state index contributed by atoms with van der Waals surface area (Å²) >= 11 is 0. The molecule has 3 amide bonds. The number of benzene rings is 3. The van der Waals surface area contributed by atoms with Crippen molar-refractivity contribution in [3.63, 3.8) is 0 Å². The highest BCUT2D eigenvalue weighted by molar-refractivity contribution is 5.93. The van der Waals surface area contributed by atoms with Gasteiger partial charge >= 0.3 is 17.9 Å². The maximum Gasteiger partial charge on any atom is 0.354 e. The van der Waals surface area contributed by atoms with Crippen LogP contribution in [0.1, 0.15) is 56.7 Å². The van der Waals surface area contributed by atoms with Gasteiger partial charge in [0.2, 0.25) is 17.7 Å². The molecule has 12 nitrogen and oxygen atoms in total. The molecule has 0 saturated heterocycles. The second-order valence-electron chi connectivity index (χ2n) is 11.5. The van der Waals surface area contributed by atoms with Crippen LogP contribution in [0.25, 0.3) is 12.2 Å². The Hall–Kier alpha value is -6.30. The number of amides is 3. The number of methoxy groups -OCH3 is 3. The molecule has 288 valence electrons. The van der Waals surface area contributed by atoms with E-state index in [4.69, 9.17) is 0 Å². The predicted octanol–water partition coefficient (Wildman–Crippen LogP) is 5.35. The molecule has 0 fully saturated rings. The van der Waals surface area contributed by atoms with Crippen LogP contribution in [0.5, 0.6) is 0 Å². The Labute approximate surface area is 317 Å². The van der Waals surface area contributed by atoms with E-state index < -0.39 is 30.0 Å². The van der Waals surface area contributed by atoms with Gasteiger partial charge in [0.15, 0.2) is 0 Å². The van der Waals surface area contributed by atoms with Gasteiger partial charge in [-0.2, -0.15) is 0 Å². The Kier molecular flexibility index (Phi) is 23.2. The Morgan fingerprint density at radius 3 is 1.57 bits per heavy atom. The van der Waals surface area contributed by atoms with Gasteiger partial charge in [-0.3, -0.25) is 14.4 Å². The number of esters is 3. The minimum absolute atomic E-state index is 0.109. The van der Waals surface area contributed by atoms with Gasteiger partial charge < -0.3 is 30.2 Å². The molecule has 2 unspecified atom stereocenters. The lowest BCUT2D eigenvalue weighted by Crippen LogP contribution is -2.40. The van der Waals surface area contributed by atoms with Crippen molar-refractivity contribution in [3.8, 4) is 0 Å². The van der Waals surface area contributed by atoms with Gasteiger partial charge in [-0.1, -0.05) is 115 Å². The Balaban J connectivity index is 0.000000405. The first-order chi connectivity index (χ1) is 25.9. The number of ether oxygens (including phenoxy) is 3. The average Bonchev–Trinajstić information content (AvgIpc) is 3.17. The molecule has 0 saturated carbocycles. The van der Waals surface area contributed by atoms with Gasteiger partial charge in [0.1, 0.15) is 17.8 Å². The number of nitrogens with one attached hydrogen (secondary N) is 3. The molecule has 3 N–H and O–H groups in total. The van der Waals surface area contributed by atoms with Crippen LogP contribution in [0.4, 0.5) is 0 Å². The van der Waals surface area contributed by atoms with Crippen molar-refractivity contribution in [2.75, 3.05) is 21.3 Å². The summed E-state index contributed by atoms with van der Waals surface area (Å²) in [6.07, 6.45) is 11.4. The molecule has 0 aliphatic carbocycles. The van der Waals surface area contributed by atoms with Gasteiger partial charge in [0.05, 0.1) is 21.3 Å². The molecule has 3 rings (SSSR count). The second kappa shape index (κ2) is 27.4. The summed E-state index contributed by atoms with van der Waals surface area (Å²) in [7, 11) is 3.89. The molecule has 0 aliphatic heterocycles. The molecule has 0 spiro atoms. The van der Waals surface area contributed by atoms with Crippen LogP contribution in [0.15, 0.2) is 115 Å². The summed E-state index contributed by atoms with van der Waals surface area (Å²) in [6.45, 7) is 4.10. The van der Waals surface area contributed by atoms with Gasteiger partial charge in [0, 0.05) is 20.8 Å². The normalized spacial score (nSPS) is 11.7. The molecule has 0 aromatic heterocycles. The van der Waals surface area contributed by atoms with E-state index in [1.165, 1.54) is 53.7 Å². The maximum atomic E-state index is 11.5. The SMILES string of the molecule is COC(=O)/C(=C/C=C/c1ccccc1)NC(C)=O.COC(=O)C(C/C=C/c1ccccc1)NC(C)=O.COC(=O)C(CCCc1ccccc1)NC(C)=O. The third-order valence-corrected chi connectivity index (χ3v) is 7.08. The summed E-state index contributed by atoms with van der Waals surface area (Å²) in [5.41, 5.74) is 3.38. The van der Waals surface area contributed by atoms with E-state index in [0.717, 1.165) is 24.0 Å². The van der Waals surface area contributed by atoms with Crippen molar-refractivity contribution < 1.29 is 43.0 Å². The van der Waals surface area contributed by atoms with Crippen molar-refractivity contribution in [2.45, 2.75) is 58.5 Å². The summed E-state index contributed by atoms with van der Waals surface area (Å²) in [5.74, 6) is -2.20. The number of allylic oxidation sites excluding steroid dienone is 2.